The molecule has 0 aliphatic heterocycles. The summed E-state index contributed by atoms with van der Waals surface area (Å²) in [4.78, 5) is 11.2. The highest BCUT2D eigenvalue weighted by atomic mass is 32.2. The Hall–Kier alpha value is -0.880. The highest BCUT2D eigenvalue weighted by Crippen LogP contribution is 2.36. The molecule has 0 N–H and O–H groups in total. The average Bonchev–Trinajstić information content (AvgIpc) is 2.37. The van der Waals surface area contributed by atoms with Crippen molar-refractivity contribution in [1.29, 1.82) is 0 Å². The van der Waals surface area contributed by atoms with Gasteiger partial charge in [0.15, 0.2) is 0 Å². The first-order valence-electron chi connectivity index (χ1n) is 7.86. The molecule has 128 valence electrons. The van der Waals surface area contributed by atoms with E-state index in [-0.39, 0.29) is 30.0 Å². The van der Waals surface area contributed by atoms with E-state index in [1.165, 1.54) is 6.92 Å². The van der Waals surface area contributed by atoms with E-state index in [2.05, 4.69) is 27.4 Å². The number of hydrogen-bond donors (Lipinski definition) is 0. The predicted molar refractivity (Wildman–Crippen MR) is 85.8 cm³/mol. The van der Waals surface area contributed by atoms with Crippen molar-refractivity contribution in [3.63, 3.8) is 0 Å². The Morgan fingerprint density at radius 2 is 1.95 bits per heavy atom. The minimum absolute atomic E-state index is 0.206. The molecule has 0 aromatic carbocycles. The summed E-state index contributed by atoms with van der Waals surface area (Å²) in [6, 6.07) is 0. The van der Waals surface area contributed by atoms with Crippen LogP contribution in [0.25, 0.3) is 0 Å². The summed E-state index contributed by atoms with van der Waals surface area (Å²) < 4.78 is 34.4. The average molecular weight is 332 g/mol. The van der Waals surface area contributed by atoms with Gasteiger partial charge in [-0.2, -0.15) is 8.42 Å². The molecule has 1 aliphatic rings. The van der Waals surface area contributed by atoms with Gasteiger partial charge in [0.2, 0.25) is 0 Å². The molecule has 1 fully saturated rings. The molecule has 0 saturated heterocycles. The minimum Gasteiger partial charge on any atom is -0.461 e. The van der Waals surface area contributed by atoms with Crippen LogP contribution in [0.3, 0.4) is 0 Å². The molecule has 6 heteroatoms. The van der Waals surface area contributed by atoms with Crippen LogP contribution in [0.2, 0.25) is 0 Å². The van der Waals surface area contributed by atoms with Crippen LogP contribution < -0.4 is 0 Å². The van der Waals surface area contributed by atoms with Crippen LogP contribution in [-0.4, -0.2) is 32.9 Å². The molecule has 0 aromatic heterocycles. The number of carbonyl (C=O) groups excluding carboxylic acids is 1. The van der Waals surface area contributed by atoms with Gasteiger partial charge in [0.05, 0.1) is 6.10 Å². The molecule has 0 aromatic rings. The van der Waals surface area contributed by atoms with Crippen LogP contribution >= 0.6 is 0 Å². The zero-order valence-electron chi connectivity index (χ0n) is 14.0. The SMILES string of the molecule is C=C(C)C(=O)OCCS(=O)(=O)OC1CC(C)CCC1C(C)C. The maximum absolute atomic E-state index is 12.1. The topological polar surface area (TPSA) is 69.7 Å². The summed E-state index contributed by atoms with van der Waals surface area (Å²) in [6.45, 7) is 11.1. The van der Waals surface area contributed by atoms with Gasteiger partial charge >= 0.3 is 5.97 Å². The molecule has 0 amide bonds. The third kappa shape index (κ3) is 6.08. The van der Waals surface area contributed by atoms with Gasteiger partial charge < -0.3 is 4.74 Å². The molecular weight excluding hydrogens is 304 g/mol. The lowest BCUT2D eigenvalue weighted by atomic mass is 9.75. The highest BCUT2D eigenvalue weighted by Gasteiger charge is 2.34. The fourth-order valence-corrected chi connectivity index (χ4v) is 3.80. The van der Waals surface area contributed by atoms with Crippen LogP contribution in [0, 0.1) is 17.8 Å². The second kappa shape index (κ2) is 8.11. The Kier molecular flexibility index (Phi) is 7.06. The lowest BCUT2D eigenvalue weighted by Crippen LogP contribution is -2.36. The van der Waals surface area contributed by atoms with E-state index in [0.717, 1.165) is 19.3 Å². The van der Waals surface area contributed by atoms with E-state index < -0.39 is 16.1 Å². The molecule has 1 aliphatic carbocycles. The fraction of sp³-hybridized carbons (Fsp3) is 0.812. The Morgan fingerprint density at radius 3 is 2.50 bits per heavy atom. The van der Waals surface area contributed by atoms with Gasteiger partial charge in [-0.25, -0.2) is 4.79 Å². The van der Waals surface area contributed by atoms with Crippen LogP contribution in [-0.2, 0) is 23.8 Å². The molecule has 0 radical (unpaired) electrons. The number of rotatable bonds is 7. The molecular formula is C16H28O5S. The van der Waals surface area contributed by atoms with E-state index in [1.807, 2.05) is 0 Å². The molecule has 0 bridgehead atoms. The zero-order chi connectivity index (χ0) is 16.9. The van der Waals surface area contributed by atoms with Gasteiger partial charge in [-0.1, -0.05) is 33.8 Å². The van der Waals surface area contributed by atoms with Crippen LogP contribution in [0.15, 0.2) is 12.2 Å². The summed E-state index contributed by atoms with van der Waals surface area (Å²) in [5.41, 5.74) is 0.249. The summed E-state index contributed by atoms with van der Waals surface area (Å²) in [5, 5.41) is 0. The Balaban J connectivity index is 2.57. The monoisotopic (exact) mass is 332 g/mol. The van der Waals surface area contributed by atoms with Crippen molar-refractivity contribution in [1.82, 2.24) is 0 Å². The third-order valence-corrected chi connectivity index (χ3v) is 5.35. The molecule has 0 spiro atoms. The van der Waals surface area contributed by atoms with E-state index >= 15 is 0 Å². The summed E-state index contributed by atoms with van der Waals surface area (Å²) >= 11 is 0. The Morgan fingerprint density at radius 1 is 1.32 bits per heavy atom. The highest BCUT2D eigenvalue weighted by molar-refractivity contribution is 7.86. The summed E-state index contributed by atoms with van der Waals surface area (Å²) in [6.07, 6.45) is 2.58. The van der Waals surface area contributed by atoms with Crippen LogP contribution in [0.5, 0.6) is 0 Å². The molecule has 3 unspecified atom stereocenters. The van der Waals surface area contributed by atoms with Gasteiger partial charge in [0.25, 0.3) is 10.1 Å². The van der Waals surface area contributed by atoms with E-state index in [1.54, 1.807) is 0 Å². The number of carbonyl (C=O) groups is 1. The summed E-state index contributed by atoms with van der Waals surface area (Å²) in [5.74, 6) is 0.206. The Labute approximate surface area is 134 Å². The number of esters is 1. The normalized spacial score (nSPS) is 26.0. The first kappa shape index (κ1) is 19.2. The second-order valence-electron chi connectivity index (χ2n) is 6.64. The van der Waals surface area contributed by atoms with Crippen molar-refractivity contribution in [3.05, 3.63) is 12.2 Å². The molecule has 1 rings (SSSR count). The van der Waals surface area contributed by atoms with E-state index in [0.29, 0.717) is 11.8 Å². The molecule has 5 nitrogen and oxygen atoms in total. The molecule has 0 heterocycles. The van der Waals surface area contributed by atoms with Crippen molar-refractivity contribution < 1.29 is 22.1 Å². The predicted octanol–water partition coefficient (Wildman–Crippen LogP) is 2.91. The first-order valence-corrected chi connectivity index (χ1v) is 9.43. The smallest absolute Gasteiger partial charge is 0.333 e. The number of hydrogen-bond acceptors (Lipinski definition) is 5. The Bertz CT molecular complexity index is 495. The van der Waals surface area contributed by atoms with Gasteiger partial charge in [-0.15, -0.1) is 0 Å². The fourth-order valence-electron chi connectivity index (χ4n) is 2.82. The minimum atomic E-state index is -3.70. The van der Waals surface area contributed by atoms with Crippen molar-refractivity contribution in [3.8, 4) is 0 Å². The van der Waals surface area contributed by atoms with Crippen molar-refractivity contribution in [2.24, 2.45) is 17.8 Å². The number of ether oxygens (including phenoxy) is 1. The van der Waals surface area contributed by atoms with Crippen LogP contribution in [0.1, 0.15) is 47.0 Å². The first-order chi connectivity index (χ1) is 10.1. The zero-order valence-corrected chi connectivity index (χ0v) is 14.8. The van der Waals surface area contributed by atoms with Crippen molar-refractivity contribution in [2.45, 2.75) is 53.1 Å². The van der Waals surface area contributed by atoms with Gasteiger partial charge in [-0.05, 0) is 37.5 Å². The van der Waals surface area contributed by atoms with Gasteiger partial charge in [0.1, 0.15) is 12.4 Å². The quantitative estimate of drug-likeness (QED) is 0.407. The maximum atomic E-state index is 12.1. The summed E-state index contributed by atoms with van der Waals surface area (Å²) in [7, 11) is -3.70. The molecule has 1 saturated carbocycles. The van der Waals surface area contributed by atoms with Gasteiger partial charge in [0, 0.05) is 5.57 Å². The van der Waals surface area contributed by atoms with Crippen molar-refractivity contribution in [2.75, 3.05) is 12.4 Å². The largest absolute Gasteiger partial charge is 0.461 e. The van der Waals surface area contributed by atoms with Crippen LogP contribution in [0.4, 0.5) is 0 Å². The maximum Gasteiger partial charge on any atom is 0.333 e. The standard InChI is InChI=1S/C16H28O5S/c1-11(2)14-7-6-13(5)10-15(14)21-22(18,19)9-8-20-16(17)12(3)4/h11,13-15H,3,6-10H2,1-2,4-5H3. The lowest BCUT2D eigenvalue weighted by Gasteiger charge is -2.36. The van der Waals surface area contributed by atoms with Crippen molar-refractivity contribution >= 4 is 16.1 Å². The van der Waals surface area contributed by atoms with Gasteiger partial charge in [-0.3, -0.25) is 4.18 Å². The van der Waals surface area contributed by atoms with E-state index in [9.17, 15) is 13.2 Å². The molecule has 22 heavy (non-hydrogen) atoms. The third-order valence-electron chi connectivity index (χ3n) is 4.15. The molecule has 3 atom stereocenters. The second-order valence-corrected chi connectivity index (χ2v) is 8.35. The van der Waals surface area contributed by atoms with E-state index in [4.69, 9.17) is 8.92 Å². The lowest BCUT2D eigenvalue weighted by molar-refractivity contribution is -0.138.